The molecule has 0 saturated carbocycles. The van der Waals surface area contributed by atoms with Crippen molar-refractivity contribution in [3.63, 3.8) is 0 Å². The van der Waals surface area contributed by atoms with Gasteiger partial charge in [-0.25, -0.2) is 4.90 Å². The molecule has 0 fully saturated rings. The standard InChI is InChI=1S/C18H17NO3/c1-12(2)11-22-14-7-5-6-13(10-14)19-17(20)15-8-3-4-9-16(15)18(19)21/h3-10,12H,11H2,1-2H3. The van der Waals surface area contributed by atoms with E-state index in [2.05, 4.69) is 13.8 Å². The summed E-state index contributed by atoms with van der Waals surface area (Å²) in [6, 6.07) is 13.9. The highest BCUT2D eigenvalue weighted by molar-refractivity contribution is 6.34. The number of amides is 2. The van der Waals surface area contributed by atoms with Crippen LogP contribution >= 0.6 is 0 Å². The van der Waals surface area contributed by atoms with Crippen LogP contribution in [0, 0.1) is 5.92 Å². The van der Waals surface area contributed by atoms with Crippen LogP contribution in [0.3, 0.4) is 0 Å². The molecule has 2 aromatic carbocycles. The van der Waals surface area contributed by atoms with Crippen molar-refractivity contribution in [2.75, 3.05) is 11.5 Å². The fourth-order valence-corrected chi connectivity index (χ4v) is 2.40. The zero-order valence-corrected chi connectivity index (χ0v) is 12.6. The van der Waals surface area contributed by atoms with Crippen LogP contribution in [0.15, 0.2) is 48.5 Å². The van der Waals surface area contributed by atoms with Crippen LogP contribution in [0.5, 0.6) is 5.75 Å². The van der Waals surface area contributed by atoms with Crippen LogP contribution in [0.25, 0.3) is 0 Å². The number of ether oxygens (including phenoxy) is 1. The first kappa shape index (κ1) is 14.3. The van der Waals surface area contributed by atoms with Crippen LogP contribution < -0.4 is 9.64 Å². The van der Waals surface area contributed by atoms with Gasteiger partial charge >= 0.3 is 0 Å². The van der Waals surface area contributed by atoms with Crippen LogP contribution in [-0.4, -0.2) is 18.4 Å². The predicted octanol–water partition coefficient (Wildman–Crippen LogP) is 3.52. The summed E-state index contributed by atoms with van der Waals surface area (Å²) in [7, 11) is 0. The minimum Gasteiger partial charge on any atom is -0.493 e. The van der Waals surface area contributed by atoms with Crippen LogP contribution in [-0.2, 0) is 0 Å². The molecule has 0 unspecified atom stereocenters. The average molecular weight is 295 g/mol. The summed E-state index contributed by atoms with van der Waals surface area (Å²) in [5, 5.41) is 0. The molecule has 0 spiro atoms. The summed E-state index contributed by atoms with van der Waals surface area (Å²) >= 11 is 0. The van der Waals surface area contributed by atoms with E-state index in [9.17, 15) is 9.59 Å². The number of hydrogen-bond donors (Lipinski definition) is 0. The predicted molar refractivity (Wildman–Crippen MR) is 84.4 cm³/mol. The Hall–Kier alpha value is -2.62. The molecular weight excluding hydrogens is 278 g/mol. The van der Waals surface area contributed by atoms with Gasteiger partial charge in [0.15, 0.2) is 0 Å². The molecule has 4 heteroatoms. The van der Waals surface area contributed by atoms with E-state index in [1.165, 1.54) is 4.90 Å². The van der Waals surface area contributed by atoms with Gasteiger partial charge in [-0.3, -0.25) is 9.59 Å². The first-order valence-corrected chi connectivity index (χ1v) is 7.28. The van der Waals surface area contributed by atoms with E-state index in [-0.39, 0.29) is 11.8 Å². The smallest absolute Gasteiger partial charge is 0.266 e. The summed E-state index contributed by atoms with van der Waals surface area (Å²) < 4.78 is 5.67. The topological polar surface area (TPSA) is 46.6 Å². The van der Waals surface area contributed by atoms with Gasteiger partial charge in [0.1, 0.15) is 5.75 Å². The number of nitrogens with zero attached hydrogens (tertiary/aromatic N) is 1. The van der Waals surface area contributed by atoms with Gasteiger partial charge in [0.25, 0.3) is 11.8 Å². The third-order valence-corrected chi connectivity index (χ3v) is 3.45. The summed E-state index contributed by atoms with van der Waals surface area (Å²) in [6.45, 7) is 4.72. The second-order valence-electron chi connectivity index (χ2n) is 5.69. The van der Waals surface area contributed by atoms with Crippen LogP contribution in [0.2, 0.25) is 0 Å². The first-order valence-electron chi connectivity index (χ1n) is 7.28. The van der Waals surface area contributed by atoms with Gasteiger partial charge in [0, 0.05) is 6.07 Å². The highest BCUT2D eigenvalue weighted by atomic mass is 16.5. The maximum absolute atomic E-state index is 12.4. The molecule has 0 aromatic heterocycles. The van der Waals surface area contributed by atoms with Crippen LogP contribution in [0.1, 0.15) is 34.6 Å². The molecule has 0 radical (unpaired) electrons. The SMILES string of the molecule is CC(C)COc1cccc(N2C(=O)c3ccccc3C2=O)c1. The van der Waals surface area contributed by atoms with E-state index < -0.39 is 0 Å². The zero-order valence-electron chi connectivity index (χ0n) is 12.6. The molecule has 1 aliphatic heterocycles. The van der Waals surface area contributed by atoms with Crippen molar-refractivity contribution in [2.45, 2.75) is 13.8 Å². The Bertz CT molecular complexity index is 702. The lowest BCUT2D eigenvalue weighted by molar-refractivity contribution is 0.0926. The van der Waals surface area contributed by atoms with Crippen molar-refractivity contribution in [3.8, 4) is 5.75 Å². The van der Waals surface area contributed by atoms with Crippen molar-refractivity contribution < 1.29 is 14.3 Å². The van der Waals surface area contributed by atoms with Crippen molar-refractivity contribution >= 4 is 17.5 Å². The number of carbonyl (C=O) groups excluding carboxylic acids is 2. The van der Waals surface area contributed by atoms with E-state index in [4.69, 9.17) is 4.74 Å². The second kappa shape index (κ2) is 5.64. The Kier molecular flexibility index (Phi) is 3.67. The largest absolute Gasteiger partial charge is 0.493 e. The highest BCUT2D eigenvalue weighted by Gasteiger charge is 2.36. The molecular formula is C18H17NO3. The Balaban J connectivity index is 1.91. The Morgan fingerprint density at radius 2 is 1.59 bits per heavy atom. The number of imide groups is 1. The average Bonchev–Trinajstić information content (AvgIpc) is 2.78. The fraction of sp³-hybridized carbons (Fsp3) is 0.222. The summed E-state index contributed by atoms with van der Waals surface area (Å²) in [5.41, 5.74) is 1.43. The molecule has 0 aliphatic carbocycles. The molecule has 4 nitrogen and oxygen atoms in total. The number of fused-ring (bicyclic) bond motifs is 1. The molecule has 2 aromatic rings. The quantitative estimate of drug-likeness (QED) is 0.811. The Morgan fingerprint density at radius 1 is 0.955 bits per heavy atom. The monoisotopic (exact) mass is 295 g/mol. The van der Waals surface area contributed by atoms with E-state index in [0.717, 1.165) is 0 Å². The van der Waals surface area contributed by atoms with E-state index in [1.807, 2.05) is 6.07 Å². The third-order valence-electron chi connectivity index (χ3n) is 3.45. The lowest BCUT2D eigenvalue weighted by Crippen LogP contribution is -2.29. The van der Waals surface area contributed by atoms with Gasteiger partial charge in [-0.1, -0.05) is 32.0 Å². The van der Waals surface area contributed by atoms with Gasteiger partial charge in [0.05, 0.1) is 23.4 Å². The minimum absolute atomic E-state index is 0.290. The number of anilines is 1. The number of hydrogen-bond acceptors (Lipinski definition) is 3. The molecule has 0 saturated heterocycles. The molecule has 3 rings (SSSR count). The fourth-order valence-electron chi connectivity index (χ4n) is 2.40. The van der Waals surface area contributed by atoms with E-state index in [1.54, 1.807) is 42.5 Å². The van der Waals surface area contributed by atoms with Crippen molar-refractivity contribution in [1.29, 1.82) is 0 Å². The van der Waals surface area contributed by atoms with Crippen molar-refractivity contribution in [1.82, 2.24) is 0 Å². The molecule has 1 heterocycles. The summed E-state index contributed by atoms with van der Waals surface area (Å²) in [6.07, 6.45) is 0. The van der Waals surface area contributed by atoms with Crippen molar-refractivity contribution in [3.05, 3.63) is 59.7 Å². The maximum atomic E-state index is 12.4. The first-order chi connectivity index (χ1) is 10.6. The number of benzene rings is 2. The molecule has 0 bridgehead atoms. The lowest BCUT2D eigenvalue weighted by atomic mass is 10.1. The zero-order chi connectivity index (χ0) is 15.7. The molecule has 0 N–H and O–H groups in total. The third kappa shape index (κ3) is 2.48. The molecule has 0 atom stereocenters. The van der Waals surface area contributed by atoms with Gasteiger partial charge < -0.3 is 4.74 Å². The molecule has 22 heavy (non-hydrogen) atoms. The highest BCUT2D eigenvalue weighted by Crippen LogP contribution is 2.30. The van der Waals surface area contributed by atoms with Gasteiger partial charge in [0.2, 0.25) is 0 Å². The summed E-state index contributed by atoms with van der Waals surface area (Å²) in [4.78, 5) is 26.1. The van der Waals surface area contributed by atoms with E-state index >= 15 is 0 Å². The summed E-state index contributed by atoms with van der Waals surface area (Å²) in [5.74, 6) is 0.480. The normalized spacial score (nSPS) is 13.7. The Morgan fingerprint density at radius 3 is 2.18 bits per heavy atom. The molecule has 112 valence electrons. The van der Waals surface area contributed by atoms with Crippen molar-refractivity contribution in [2.24, 2.45) is 5.92 Å². The van der Waals surface area contributed by atoms with Crippen LogP contribution in [0.4, 0.5) is 5.69 Å². The lowest BCUT2D eigenvalue weighted by Gasteiger charge is -2.16. The Labute approximate surface area is 129 Å². The van der Waals surface area contributed by atoms with E-state index in [0.29, 0.717) is 35.1 Å². The number of rotatable bonds is 4. The minimum atomic E-state index is -0.290. The second-order valence-corrected chi connectivity index (χ2v) is 5.69. The number of carbonyl (C=O) groups is 2. The van der Waals surface area contributed by atoms with Gasteiger partial charge in [-0.2, -0.15) is 0 Å². The molecule has 1 aliphatic rings. The van der Waals surface area contributed by atoms with Gasteiger partial charge in [-0.05, 0) is 30.2 Å². The maximum Gasteiger partial charge on any atom is 0.266 e. The van der Waals surface area contributed by atoms with Gasteiger partial charge in [-0.15, -0.1) is 0 Å². The molecule has 2 amide bonds.